The van der Waals surface area contributed by atoms with E-state index in [4.69, 9.17) is 4.74 Å². The van der Waals surface area contributed by atoms with Crippen molar-refractivity contribution in [3.63, 3.8) is 0 Å². The van der Waals surface area contributed by atoms with E-state index in [9.17, 15) is 9.18 Å². The van der Waals surface area contributed by atoms with Gasteiger partial charge in [-0.25, -0.2) is 9.18 Å². The molecule has 1 rings (SSSR count). The summed E-state index contributed by atoms with van der Waals surface area (Å²) in [6.07, 6.45) is 1.04. The summed E-state index contributed by atoms with van der Waals surface area (Å²) < 4.78 is 18.7. The predicted octanol–water partition coefficient (Wildman–Crippen LogP) is 3.26. The normalized spacial score (nSPS) is 12.8. The van der Waals surface area contributed by atoms with Gasteiger partial charge in [0.05, 0.1) is 0 Å². The van der Waals surface area contributed by atoms with Crippen molar-refractivity contribution in [2.45, 2.75) is 52.2 Å². The molecule has 0 fully saturated rings. The molecule has 0 saturated heterocycles. The molecule has 1 aromatic rings. The van der Waals surface area contributed by atoms with Crippen LogP contribution >= 0.6 is 0 Å². The van der Waals surface area contributed by atoms with Crippen LogP contribution in [-0.4, -0.2) is 30.8 Å². The van der Waals surface area contributed by atoms with Crippen molar-refractivity contribution in [1.29, 1.82) is 0 Å². The first-order valence-electron chi connectivity index (χ1n) is 7.71. The second kappa shape index (κ2) is 8.73. The van der Waals surface area contributed by atoms with Gasteiger partial charge in [-0.1, -0.05) is 18.2 Å². The molecule has 1 amide bonds. The van der Waals surface area contributed by atoms with Crippen molar-refractivity contribution in [2.24, 2.45) is 0 Å². The molecule has 0 aliphatic carbocycles. The van der Waals surface area contributed by atoms with E-state index in [0.29, 0.717) is 13.0 Å². The van der Waals surface area contributed by atoms with Crippen LogP contribution in [0.5, 0.6) is 0 Å². The van der Waals surface area contributed by atoms with Crippen LogP contribution in [-0.2, 0) is 11.2 Å². The van der Waals surface area contributed by atoms with E-state index in [1.807, 2.05) is 33.8 Å². The monoisotopic (exact) mass is 310 g/mol. The third kappa shape index (κ3) is 7.98. The van der Waals surface area contributed by atoms with Crippen molar-refractivity contribution >= 4 is 6.09 Å². The van der Waals surface area contributed by atoms with Gasteiger partial charge in [0, 0.05) is 12.6 Å². The first-order chi connectivity index (χ1) is 10.3. The average Bonchev–Trinajstić information content (AvgIpc) is 2.39. The summed E-state index contributed by atoms with van der Waals surface area (Å²) in [5, 5.41) is 6.03. The Balaban J connectivity index is 2.14. The Morgan fingerprint density at radius 1 is 1.27 bits per heavy atom. The van der Waals surface area contributed by atoms with E-state index in [1.165, 1.54) is 6.07 Å². The SMILES string of the molecule is CC(Cc1ccccc1F)NCCCNC(=O)OC(C)(C)C. The van der Waals surface area contributed by atoms with Gasteiger partial charge in [0.2, 0.25) is 0 Å². The second-order valence-corrected chi connectivity index (χ2v) is 6.43. The van der Waals surface area contributed by atoms with Gasteiger partial charge in [0.15, 0.2) is 0 Å². The number of nitrogens with one attached hydrogen (secondary N) is 2. The Kier molecular flexibility index (Phi) is 7.32. The van der Waals surface area contributed by atoms with Crippen LogP contribution in [0.1, 0.15) is 39.7 Å². The van der Waals surface area contributed by atoms with Gasteiger partial charge in [-0.3, -0.25) is 0 Å². The summed E-state index contributed by atoms with van der Waals surface area (Å²) in [6.45, 7) is 8.82. The van der Waals surface area contributed by atoms with Crippen LogP contribution in [0.15, 0.2) is 24.3 Å². The molecular weight excluding hydrogens is 283 g/mol. The number of alkyl carbamates (subject to hydrolysis) is 1. The van der Waals surface area contributed by atoms with E-state index in [1.54, 1.807) is 12.1 Å². The standard InChI is InChI=1S/C17H27FN2O2/c1-13(12-14-8-5-6-9-15(14)18)19-10-7-11-20-16(21)22-17(2,3)4/h5-6,8-9,13,19H,7,10-12H2,1-4H3,(H,20,21). The van der Waals surface area contributed by atoms with Gasteiger partial charge in [-0.05, 0) is 58.7 Å². The van der Waals surface area contributed by atoms with Gasteiger partial charge in [0.25, 0.3) is 0 Å². The van der Waals surface area contributed by atoms with E-state index < -0.39 is 11.7 Å². The minimum atomic E-state index is -0.476. The van der Waals surface area contributed by atoms with Gasteiger partial charge < -0.3 is 15.4 Å². The van der Waals surface area contributed by atoms with E-state index >= 15 is 0 Å². The fraction of sp³-hybridized carbons (Fsp3) is 0.588. The Morgan fingerprint density at radius 3 is 2.59 bits per heavy atom. The summed E-state index contributed by atoms with van der Waals surface area (Å²) in [4.78, 5) is 11.4. The van der Waals surface area contributed by atoms with Crippen LogP contribution < -0.4 is 10.6 Å². The third-order valence-electron chi connectivity index (χ3n) is 3.00. The number of ether oxygens (including phenoxy) is 1. The molecule has 0 heterocycles. The van der Waals surface area contributed by atoms with Crippen molar-refractivity contribution in [3.8, 4) is 0 Å². The molecular formula is C17H27FN2O2. The highest BCUT2D eigenvalue weighted by Crippen LogP contribution is 2.09. The zero-order valence-electron chi connectivity index (χ0n) is 13.9. The molecule has 0 saturated carbocycles. The van der Waals surface area contributed by atoms with Gasteiger partial charge in [0.1, 0.15) is 11.4 Å². The molecule has 0 bridgehead atoms. The number of rotatable bonds is 7. The predicted molar refractivity (Wildman–Crippen MR) is 86.4 cm³/mol. The maximum Gasteiger partial charge on any atom is 0.407 e. The molecule has 5 heteroatoms. The number of halogens is 1. The Labute approximate surface area is 132 Å². The van der Waals surface area contributed by atoms with Gasteiger partial charge in [-0.15, -0.1) is 0 Å². The Bertz CT molecular complexity index is 472. The number of amides is 1. The summed E-state index contributed by atoms with van der Waals surface area (Å²) in [7, 11) is 0. The van der Waals surface area contributed by atoms with E-state index in [2.05, 4.69) is 10.6 Å². The molecule has 0 aromatic heterocycles. The van der Waals surface area contributed by atoms with Gasteiger partial charge in [-0.2, -0.15) is 0 Å². The molecule has 22 heavy (non-hydrogen) atoms. The minimum absolute atomic E-state index is 0.164. The van der Waals surface area contributed by atoms with Crippen molar-refractivity contribution in [2.75, 3.05) is 13.1 Å². The lowest BCUT2D eigenvalue weighted by molar-refractivity contribution is 0.0527. The van der Waals surface area contributed by atoms with Crippen LogP contribution in [0.4, 0.5) is 9.18 Å². The minimum Gasteiger partial charge on any atom is -0.444 e. The summed E-state index contributed by atoms with van der Waals surface area (Å²) in [5.74, 6) is -0.164. The third-order valence-corrected chi connectivity index (χ3v) is 3.00. The van der Waals surface area contributed by atoms with Crippen molar-refractivity contribution < 1.29 is 13.9 Å². The number of carbonyl (C=O) groups is 1. The summed E-state index contributed by atoms with van der Waals surface area (Å²) in [5.41, 5.74) is 0.241. The smallest absolute Gasteiger partial charge is 0.407 e. The molecule has 124 valence electrons. The molecule has 0 aliphatic heterocycles. The fourth-order valence-corrected chi connectivity index (χ4v) is 2.01. The lowest BCUT2D eigenvalue weighted by Crippen LogP contribution is -2.35. The Hall–Kier alpha value is -1.62. The molecule has 1 aromatic carbocycles. The quantitative estimate of drug-likeness (QED) is 0.760. The number of benzene rings is 1. The number of hydrogen-bond donors (Lipinski definition) is 2. The average molecular weight is 310 g/mol. The first-order valence-corrected chi connectivity index (χ1v) is 7.71. The zero-order chi connectivity index (χ0) is 16.6. The molecule has 4 nitrogen and oxygen atoms in total. The van der Waals surface area contributed by atoms with Crippen LogP contribution in [0, 0.1) is 5.82 Å². The zero-order valence-corrected chi connectivity index (χ0v) is 13.9. The molecule has 0 spiro atoms. The highest BCUT2D eigenvalue weighted by atomic mass is 19.1. The molecule has 0 radical (unpaired) electrons. The van der Waals surface area contributed by atoms with E-state index in [0.717, 1.165) is 18.5 Å². The maximum absolute atomic E-state index is 13.5. The van der Waals surface area contributed by atoms with Crippen LogP contribution in [0.3, 0.4) is 0 Å². The lowest BCUT2D eigenvalue weighted by atomic mass is 10.1. The number of carbonyl (C=O) groups excluding carboxylic acids is 1. The number of hydrogen-bond acceptors (Lipinski definition) is 3. The summed E-state index contributed by atoms with van der Waals surface area (Å²) >= 11 is 0. The summed E-state index contributed by atoms with van der Waals surface area (Å²) in [6, 6.07) is 7.00. The highest BCUT2D eigenvalue weighted by Gasteiger charge is 2.15. The van der Waals surface area contributed by atoms with Crippen molar-refractivity contribution in [3.05, 3.63) is 35.6 Å². The van der Waals surface area contributed by atoms with Crippen molar-refractivity contribution in [1.82, 2.24) is 10.6 Å². The first kappa shape index (κ1) is 18.4. The second-order valence-electron chi connectivity index (χ2n) is 6.43. The van der Waals surface area contributed by atoms with Gasteiger partial charge >= 0.3 is 6.09 Å². The lowest BCUT2D eigenvalue weighted by Gasteiger charge is -2.19. The van der Waals surface area contributed by atoms with Crippen LogP contribution in [0.2, 0.25) is 0 Å². The molecule has 0 aliphatic rings. The molecule has 2 N–H and O–H groups in total. The Morgan fingerprint density at radius 2 is 1.95 bits per heavy atom. The largest absolute Gasteiger partial charge is 0.444 e. The molecule has 1 atom stereocenters. The molecule has 1 unspecified atom stereocenters. The van der Waals surface area contributed by atoms with Crippen LogP contribution in [0.25, 0.3) is 0 Å². The highest BCUT2D eigenvalue weighted by molar-refractivity contribution is 5.67. The van der Waals surface area contributed by atoms with E-state index in [-0.39, 0.29) is 11.9 Å². The topological polar surface area (TPSA) is 50.4 Å². The maximum atomic E-state index is 13.5. The fourth-order valence-electron chi connectivity index (χ4n) is 2.01.